The van der Waals surface area contributed by atoms with E-state index in [1.165, 1.54) is 0 Å². The molecule has 0 aromatic carbocycles. The molecule has 0 amide bonds. The average Bonchev–Trinajstić information content (AvgIpc) is 2.74. The third kappa shape index (κ3) is 8.49. The smallest absolute Gasteiger partial charge is 0.148 e. The fraction of sp³-hybridized carbons (Fsp3) is 0.444. The van der Waals surface area contributed by atoms with E-state index in [1.807, 2.05) is 32.2 Å². The van der Waals surface area contributed by atoms with Gasteiger partial charge < -0.3 is 9.69 Å². The van der Waals surface area contributed by atoms with E-state index in [4.69, 9.17) is 9.97 Å². The summed E-state index contributed by atoms with van der Waals surface area (Å²) in [5.41, 5.74) is 3.57. The Hall–Kier alpha value is -2.75. The molecule has 0 atom stereocenters. The maximum absolute atomic E-state index is 11.1. The van der Waals surface area contributed by atoms with Gasteiger partial charge in [0.2, 0.25) is 0 Å². The fourth-order valence-corrected chi connectivity index (χ4v) is 3.44. The van der Waals surface area contributed by atoms with Gasteiger partial charge in [0.25, 0.3) is 0 Å². The number of aromatic nitrogens is 2. The quantitative estimate of drug-likeness (QED) is 0.240. The van der Waals surface area contributed by atoms with Gasteiger partial charge in [-0.2, -0.15) is 0 Å². The molecule has 4 nitrogen and oxygen atoms in total. The summed E-state index contributed by atoms with van der Waals surface area (Å²) in [7, 11) is 0. The van der Waals surface area contributed by atoms with Gasteiger partial charge in [-0.3, -0.25) is 4.98 Å². The normalized spacial score (nSPS) is 12.5. The second kappa shape index (κ2) is 14.3. The van der Waals surface area contributed by atoms with Crippen LogP contribution < -0.4 is 4.90 Å². The van der Waals surface area contributed by atoms with E-state index in [9.17, 15) is 4.79 Å². The lowest BCUT2D eigenvalue weighted by molar-refractivity contribution is -0.117. The van der Waals surface area contributed by atoms with Crippen molar-refractivity contribution in [2.45, 2.75) is 72.8 Å². The molecule has 0 aliphatic carbocycles. The fourth-order valence-electron chi connectivity index (χ4n) is 3.44. The van der Waals surface area contributed by atoms with Crippen LogP contribution >= 0.6 is 0 Å². The molecule has 0 N–H and O–H groups in total. The van der Waals surface area contributed by atoms with Gasteiger partial charge in [0.05, 0.1) is 17.6 Å². The Labute approximate surface area is 189 Å². The first kappa shape index (κ1) is 26.3. The summed E-state index contributed by atoms with van der Waals surface area (Å²) in [6.07, 6.45) is 18.3. The van der Waals surface area contributed by atoms with Crippen LogP contribution in [0.2, 0.25) is 0 Å². The van der Waals surface area contributed by atoms with Crippen LogP contribution in [0.3, 0.4) is 0 Å². The Kier molecular flexibility index (Phi) is 12.1. The lowest BCUT2D eigenvalue weighted by Gasteiger charge is -2.28. The number of Topliss-reactive ketones (excluding diaryl/α,β-unsaturated/α-hetero) is 1. The van der Waals surface area contributed by atoms with E-state index in [1.54, 1.807) is 19.1 Å². The number of carbonyl (C=O) groups excluding carboxylic acids is 1. The number of ketones is 1. The maximum atomic E-state index is 11.1. The summed E-state index contributed by atoms with van der Waals surface area (Å²) < 4.78 is 0. The first-order valence-corrected chi connectivity index (χ1v) is 11.3. The molecule has 4 heteroatoms. The molecule has 0 saturated heterocycles. The molecule has 0 saturated carbocycles. The van der Waals surface area contributed by atoms with Crippen molar-refractivity contribution in [2.75, 3.05) is 11.4 Å². The van der Waals surface area contributed by atoms with Crippen molar-refractivity contribution in [2.24, 2.45) is 0 Å². The molecule has 0 fully saturated rings. The van der Waals surface area contributed by atoms with Crippen molar-refractivity contribution in [1.29, 1.82) is 0 Å². The van der Waals surface area contributed by atoms with Crippen LogP contribution in [-0.4, -0.2) is 28.3 Å². The van der Waals surface area contributed by atoms with Gasteiger partial charge in [-0.15, -0.1) is 0 Å². The van der Waals surface area contributed by atoms with Crippen molar-refractivity contribution in [3.63, 3.8) is 0 Å². The predicted octanol–water partition coefficient (Wildman–Crippen LogP) is 6.97. The van der Waals surface area contributed by atoms with E-state index < -0.39 is 0 Å². The number of carbonyl (C=O) groups is 1. The average molecular weight is 422 g/mol. The maximum Gasteiger partial charge on any atom is 0.148 e. The van der Waals surface area contributed by atoms with E-state index in [2.05, 4.69) is 44.1 Å². The lowest BCUT2D eigenvalue weighted by Crippen LogP contribution is -2.33. The highest BCUT2D eigenvalue weighted by molar-refractivity contribution is 5.84. The van der Waals surface area contributed by atoms with Crippen LogP contribution in [0.5, 0.6) is 0 Å². The first-order chi connectivity index (χ1) is 14.9. The molecule has 168 valence electrons. The third-order valence-corrected chi connectivity index (χ3v) is 5.08. The molecule has 31 heavy (non-hydrogen) atoms. The van der Waals surface area contributed by atoms with Gasteiger partial charge in [0.1, 0.15) is 11.6 Å². The molecule has 0 bridgehead atoms. The number of nitrogens with zero attached hydrogens (tertiary/aromatic N) is 3. The van der Waals surface area contributed by atoms with Gasteiger partial charge in [0.15, 0.2) is 0 Å². The van der Waals surface area contributed by atoms with Crippen LogP contribution in [0.15, 0.2) is 55.8 Å². The van der Waals surface area contributed by atoms with Crippen molar-refractivity contribution in [3.05, 3.63) is 67.2 Å². The predicted molar refractivity (Wildman–Crippen MR) is 135 cm³/mol. The van der Waals surface area contributed by atoms with Crippen molar-refractivity contribution in [3.8, 4) is 0 Å². The molecule has 0 aliphatic rings. The first-order valence-electron chi connectivity index (χ1n) is 11.3. The number of allylic oxidation sites excluding steroid dienone is 8. The Bertz CT molecular complexity index is 831. The zero-order valence-electron chi connectivity index (χ0n) is 20.0. The molecular weight excluding hydrogens is 382 g/mol. The second-order valence-electron chi connectivity index (χ2n) is 7.88. The largest absolute Gasteiger partial charge is 0.353 e. The van der Waals surface area contributed by atoms with Crippen molar-refractivity contribution in [1.82, 2.24) is 9.97 Å². The minimum atomic E-state index is 0.275. The summed E-state index contributed by atoms with van der Waals surface area (Å²) in [6.45, 7) is 18.7. The monoisotopic (exact) mass is 421 g/mol. The Morgan fingerprint density at radius 2 is 1.81 bits per heavy atom. The summed E-state index contributed by atoms with van der Waals surface area (Å²) in [5, 5.41) is 0. The number of hydrogen-bond acceptors (Lipinski definition) is 4. The highest BCUT2D eigenvalue weighted by Crippen LogP contribution is 2.27. The van der Waals surface area contributed by atoms with E-state index in [0.717, 1.165) is 60.6 Å². The van der Waals surface area contributed by atoms with Gasteiger partial charge in [-0.25, -0.2) is 4.98 Å². The highest BCUT2D eigenvalue weighted by Gasteiger charge is 2.17. The number of rotatable bonds is 14. The zero-order valence-corrected chi connectivity index (χ0v) is 20.0. The molecule has 0 aliphatic heterocycles. The van der Waals surface area contributed by atoms with Crippen LogP contribution in [0.4, 0.5) is 5.82 Å². The Morgan fingerprint density at radius 3 is 2.35 bits per heavy atom. The molecule has 0 unspecified atom stereocenters. The minimum absolute atomic E-state index is 0.275. The summed E-state index contributed by atoms with van der Waals surface area (Å²) in [4.78, 5) is 23.3. The summed E-state index contributed by atoms with van der Waals surface area (Å²) >= 11 is 0. The number of anilines is 1. The molecule has 0 radical (unpaired) electrons. The molecule has 1 aromatic rings. The van der Waals surface area contributed by atoms with E-state index in [0.29, 0.717) is 12.5 Å². The second-order valence-corrected chi connectivity index (χ2v) is 7.88. The molecule has 0 spiro atoms. The van der Waals surface area contributed by atoms with Crippen LogP contribution in [-0.2, 0) is 4.79 Å². The SMILES string of the molecule is C=C/C=C(\C=C)c1ncc(N(CCCCCCC(C)=O)C(C)C)nc1C(/C=C\C)=C/C. The molecule has 1 rings (SSSR count). The third-order valence-electron chi connectivity index (χ3n) is 5.08. The molecule has 1 aromatic heterocycles. The van der Waals surface area contributed by atoms with Gasteiger partial charge in [-0.1, -0.05) is 62.5 Å². The Balaban J connectivity index is 3.21. The lowest BCUT2D eigenvalue weighted by atomic mass is 10.0. The van der Waals surface area contributed by atoms with Gasteiger partial charge in [-0.05, 0) is 53.0 Å². The topological polar surface area (TPSA) is 46.1 Å². The summed E-state index contributed by atoms with van der Waals surface area (Å²) in [6, 6.07) is 0.309. The standard InChI is InChI=1S/C27H39N3O/c1-8-16-23(10-3)26-27(24(11-4)17-9-2)29-25(20-28-26)30(21(5)6)19-15-13-12-14-18-22(7)31/h8-11,16-17,20-21H,1,3,12-15,18-19H2,2,4-7H3/b17-9-,23-16+,24-11+. The van der Waals surface area contributed by atoms with E-state index >= 15 is 0 Å². The van der Waals surface area contributed by atoms with Gasteiger partial charge >= 0.3 is 0 Å². The van der Waals surface area contributed by atoms with Crippen LogP contribution in [0.25, 0.3) is 11.1 Å². The highest BCUT2D eigenvalue weighted by atomic mass is 16.1. The zero-order chi connectivity index (χ0) is 23.2. The number of hydrogen-bond donors (Lipinski definition) is 0. The van der Waals surface area contributed by atoms with E-state index in [-0.39, 0.29) is 5.78 Å². The van der Waals surface area contributed by atoms with Crippen LogP contribution in [0.1, 0.15) is 78.1 Å². The molecular formula is C27H39N3O. The minimum Gasteiger partial charge on any atom is -0.353 e. The van der Waals surface area contributed by atoms with Gasteiger partial charge in [0, 0.05) is 24.6 Å². The van der Waals surface area contributed by atoms with Crippen LogP contribution in [0, 0.1) is 0 Å². The summed E-state index contributed by atoms with van der Waals surface area (Å²) in [5.74, 6) is 1.15. The van der Waals surface area contributed by atoms with Crippen molar-refractivity contribution >= 4 is 22.7 Å². The Morgan fingerprint density at radius 1 is 1.10 bits per heavy atom. The molecule has 1 heterocycles. The number of unbranched alkanes of at least 4 members (excludes halogenated alkanes) is 3. The van der Waals surface area contributed by atoms with Crippen molar-refractivity contribution < 1.29 is 4.79 Å².